The number of rotatable bonds is 5. The summed E-state index contributed by atoms with van der Waals surface area (Å²) in [6.45, 7) is 0. The summed E-state index contributed by atoms with van der Waals surface area (Å²) in [6.07, 6.45) is 3.56. The van der Waals surface area contributed by atoms with Gasteiger partial charge in [0.15, 0.2) is 4.96 Å². The summed E-state index contributed by atoms with van der Waals surface area (Å²) in [5, 5.41) is 6.82. The molecule has 0 aliphatic carbocycles. The first-order valence-corrected chi connectivity index (χ1v) is 10.0. The van der Waals surface area contributed by atoms with Gasteiger partial charge in [-0.1, -0.05) is 59.6 Å². The van der Waals surface area contributed by atoms with Crippen molar-refractivity contribution < 1.29 is 4.79 Å². The van der Waals surface area contributed by atoms with E-state index in [4.69, 9.17) is 23.2 Å². The van der Waals surface area contributed by atoms with Gasteiger partial charge in [-0.2, -0.15) is 5.10 Å². The summed E-state index contributed by atoms with van der Waals surface area (Å²) in [5.41, 5.74) is 5.83. The highest BCUT2D eigenvalue weighted by Gasteiger charge is 2.12. The van der Waals surface area contributed by atoms with Crippen LogP contribution in [0.15, 0.2) is 65.2 Å². The Kier molecular flexibility index (Phi) is 5.43. The van der Waals surface area contributed by atoms with Crippen LogP contribution in [0.25, 0.3) is 16.2 Å². The zero-order valence-corrected chi connectivity index (χ0v) is 16.8. The summed E-state index contributed by atoms with van der Waals surface area (Å²) in [7, 11) is 0. The van der Waals surface area contributed by atoms with Crippen LogP contribution in [0.5, 0.6) is 0 Å². The predicted molar refractivity (Wildman–Crippen MR) is 114 cm³/mol. The number of carbonyl (C=O) groups is 1. The lowest BCUT2D eigenvalue weighted by molar-refractivity contribution is -0.120. The molecule has 28 heavy (non-hydrogen) atoms. The molecule has 1 N–H and O–H groups in total. The molecule has 2 heterocycles. The molecule has 0 fully saturated rings. The van der Waals surface area contributed by atoms with Gasteiger partial charge in [0.05, 0.1) is 28.4 Å². The zero-order valence-electron chi connectivity index (χ0n) is 14.5. The maximum Gasteiger partial charge on any atom is 0.246 e. The Morgan fingerprint density at radius 2 is 1.89 bits per heavy atom. The molecular formula is C20H14Cl2N4OS. The second-order valence-electron chi connectivity index (χ2n) is 5.98. The second-order valence-corrected chi connectivity index (χ2v) is 7.63. The highest BCUT2D eigenvalue weighted by atomic mass is 35.5. The molecule has 0 saturated heterocycles. The van der Waals surface area contributed by atoms with E-state index in [1.54, 1.807) is 18.2 Å². The molecule has 0 atom stereocenters. The van der Waals surface area contributed by atoms with Gasteiger partial charge in [-0.3, -0.25) is 9.20 Å². The zero-order chi connectivity index (χ0) is 19.5. The number of hydrogen-bond acceptors (Lipinski definition) is 4. The van der Waals surface area contributed by atoms with E-state index < -0.39 is 0 Å². The minimum Gasteiger partial charge on any atom is -0.294 e. The van der Waals surface area contributed by atoms with Gasteiger partial charge in [-0.25, -0.2) is 10.4 Å². The average molecular weight is 429 g/mol. The third-order valence-electron chi connectivity index (χ3n) is 4.08. The van der Waals surface area contributed by atoms with Gasteiger partial charge in [0.1, 0.15) is 0 Å². The first-order valence-electron chi connectivity index (χ1n) is 8.38. The highest BCUT2D eigenvalue weighted by Crippen LogP contribution is 2.24. The molecule has 2 aromatic heterocycles. The molecular weight excluding hydrogens is 415 g/mol. The van der Waals surface area contributed by atoms with Crippen molar-refractivity contribution in [3.8, 4) is 11.3 Å². The lowest BCUT2D eigenvalue weighted by Crippen LogP contribution is -2.20. The second kappa shape index (κ2) is 8.14. The maximum atomic E-state index is 12.3. The van der Waals surface area contributed by atoms with Gasteiger partial charge in [0, 0.05) is 28.4 Å². The number of nitrogens with zero attached hydrogens (tertiary/aromatic N) is 3. The molecule has 0 radical (unpaired) electrons. The fourth-order valence-corrected chi connectivity index (χ4v) is 4.08. The summed E-state index contributed by atoms with van der Waals surface area (Å²) in [4.78, 5) is 17.7. The Morgan fingerprint density at radius 1 is 1.14 bits per heavy atom. The Labute approximate surface area is 175 Å². The lowest BCUT2D eigenvalue weighted by Gasteiger charge is -2.02. The minimum absolute atomic E-state index is 0.179. The summed E-state index contributed by atoms with van der Waals surface area (Å²) >= 11 is 13.7. The normalized spacial score (nSPS) is 11.4. The number of thiazole rings is 1. The SMILES string of the molecule is O=C(Cc1csc2nc(-c3ccccc3)cn12)N/N=C/c1c(Cl)cccc1Cl. The number of hydrogen-bond donors (Lipinski definition) is 1. The molecule has 0 spiro atoms. The Hall–Kier alpha value is -2.67. The van der Waals surface area contributed by atoms with Gasteiger partial charge in [0.25, 0.3) is 0 Å². The van der Waals surface area contributed by atoms with Gasteiger partial charge in [-0.15, -0.1) is 11.3 Å². The van der Waals surface area contributed by atoms with Crippen molar-refractivity contribution in [2.45, 2.75) is 6.42 Å². The van der Waals surface area contributed by atoms with E-state index in [9.17, 15) is 4.79 Å². The molecule has 4 aromatic rings. The largest absolute Gasteiger partial charge is 0.294 e. The molecule has 8 heteroatoms. The lowest BCUT2D eigenvalue weighted by atomic mass is 10.2. The molecule has 4 rings (SSSR count). The van der Waals surface area contributed by atoms with E-state index >= 15 is 0 Å². The monoisotopic (exact) mass is 428 g/mol. The fraction of sp³-hybridized carbons (Fsp3) is 0.0500. The first-order chi connectivity index (χ1) is 13.6. The number of carbonyl (C=O) groups excluding carboxylic acids is 1. The standard InChI is InChI=1S/C20H14Cl2N4OS/c21-16-7-4-8-17(22)15(16)10-23-25-19(27)9-14-12-28-20-24-18(11-26(14)20)13-5-2-1-3-6-13/h1-8,10-12H,9H2,(H,25,27)/b23-10+. The Balaban J connectivity index is 1.47. The number of imidazole rings is 1. The molecule has 0 saturated carbocycles. The maximum absolute atomic E-state index is 12.3. The molecule has 1 amide bonds. The molecule has 0 bridgehead atoms. The minimum atomic E-state index is -0.242. The van der Waals surface area contributed by atoms with Crippen LogP contribution in [-0.4, -0.2) is 21.5 Å². The summed E-state index contributed by atoms with van der Waals surface area (Å²) < 4.78 is 1.93. The topological polar surface area (TPSA) is 58.8 Å². The van der Waals surface area contributed by atoms with E-state index in [0.717, 1.165) is 21.9 Å². The van der Waals surface area contributed by atoms with Gasteiger partial charge in [-0.05, 0) is 12.1 Å². The molecule has 0 aliphatic heterocycles. The summed E-state index contributed by atoms with van der Waals surface area (Å²) in [5.74, 6) is -0.242. The number of amides is 1. The number of aromatic nitrogens is 2. The number of benzene rings is 2. The Morgan fingerprint density at radius 3 is 2.64 bits per heavy atom. The van der Waals surface area contributed by atoms with Crippen LogP contribution in [0.4, 0.5) is 0 Å². The third-order valence-corrected chi connectivity index (χ3v) is 5.63. The van der Waals surface area contributed by atoms with E-state index in [0.29, 0.717) is 15.6 Å². The van der Waals surface area contributed by atoms with Crippen LogP contribution < -0.4 is 5.43 Å². The van der Waals surface area contributed by atoms with Crippen molar-refractivity contribution in [3.05, 3.63) is 81.4 Å². The van der Waals surface area contributed by atoms with Crippen LogP contribution in [0.1, 0.15) is 11.3 Å². The highest BCUT2D eigenvalue weighted by molar-refractivity contribution is 7.15. The molecule has 5 nitrogen and oxygen atoms in total. The van der Waals surface area contributed by atoms with Gasteiger partial charge < -0.3 is 0 Å². The molecule has 2 aromatic carbocycles. The van der Waals surface area contributed by atoms with Crippen LogP contribution in [-0.2, 0) is 11.2 Å². The quantitative estimate of drug-likeness (QED) is 0.356. The number of halogens is 2. The molecule has 0 aliphatic rings. The average Bonchev–Trinajstić information content (AvgIpc) is 3.27. The third kappa shape index (κ3) is 3.94. The van der Waals surface area contributed by atoms with E-state index in [-0.39, 0.29) is 12.3 Å². The number of fused-ring (bicyclic) bond motifs is 1. The fourth-order valence-electron chi connectivity index (χ4n) is 2.71. The van der Waals surface area contributed by atoms with Crippen molar-refractivity contribution in [3.63, 3.8) is 0 Å². The number of nitrogens with one attached hydrogen (secondary N) is 1. The van der Waals surface area contributed by atoms with Crippen LogP contribution >= 0.6 is 34.5 Å². The molecule has 140 valence electrons. The van der Waals surface area contributed by atoms with Crippen LogP contribution in [0.2, 0.25) is 10.0 Å². The predicted octanol–water partition coefficient (Wildman–Crippen LogP) is 5.06. The Bertz CT molecular complexity index is 1150. The van der Waals surface area contributed by atoms with Crippen molar-refractivity contribution in [2.24, 2.45) is 5.10 Å². The molecule has 0 unspecified atom stereocenters. The van der Waals surface area contributed by atoms with E-state index in [1.807, 2.05) is 46.3 Å². The van der Waals surface area contributed by atoms with Crippen LogP contribution in [0, 0.1) is 0 Å². The smallest absolute Gasteiger partial charge is 0.246 e. The number of hydrazone groups is 1. The van der Waals surface area contributed by atoms with Crippen molar-refractivity contribution >= 4 is 51.6 Å². The summed E-state index contributed by atoms with van der Waals surface area (Å²) in [6, 6.07) is 15.1. The van der Waals surface area contributed by atoms with Crippen molar-refractivity contribution in [1.29, 1.82) is 0 Å². The van der Waals surface area contributed by atoms with Crippen molar-refractivity contribution in [2.75, 3.05) is 0 Å². The first kappa shape index (κ1) is 18.7. The van der Waals surface area contributed by atoms with E-state index in [1.165, 1.54) is 17.6 Å². The van der Waals surface area contributed by atoms with E-state index in [2.05, 4.69) is 15.5 Å². The van der Waals surface area contributed by atoms with Crippen molar-refractivity contribution in [1.82, 2.24) is 14.8 Å². The van der Waals surface area contributed by atoms with Gasteiger partial charge in [0.2, 0.25) is 5.91 Å². The van der Waals surface area contributed by atoms with Crippen LogP contribution in [0.3, 0.4) is 0 Å². The van der Waals surface area contributed by atoms with Gasteiger partial charge >= 0.3 is 0 Å².